The van der Waals surface area contributed by atoms with Crippen LogP contribution in [0.3, 0.4) is 0 Å². The van der Waals surface area contributed by atoms with Gasteiger partial charge in [0.2, 0.25) is 0 Å². The van der Waals surface area contributed by atoms with Crippen molar-refractivity contribution in [1.82, 2.24) is 4.90 Å². The molecule has 0 bridgehead atoms. The number of hydrogen-bond donors (Lipinski definition) is 2. The first-order chi connectivity index (χ1) is 13.7. The van der Waals surface area contributed by atoms with E-state index in [-0.39, 0.29) is 18.8 Å². The number of rotatable bonds is 5. The molecule has 150 valence electrons. The summed E-state index contributed by atoms with van der Waals surface area (Å²) in [6.45, 7) is 3.30. The molecule has 0 saturated carbocycles. The van der Waals surface area contributed by atoms with Gasteiger partial charge in [-0.2, -0.15) is 0 Å². The number of nitrogens with zero attached hydrogens (tertiary/aromatic N) is 1. The molecule has 2 aliphatic rings. The lowest BCUT2D eigenvalue weighted by Gasteiger charge is -2.39. The molecule has 0 amide bonds. The van der Waals surface area contributed by atoms with Crippen molar-refractivity contribution in [2.75, 3.05) is 25.4 Å². The number of nitrogens with two attached hydrogens (primary N) is 1. The molecule has 0 radical (unpaired) electrons. The summed E-state index contributed by atoms with van der Waals surface area (Å²) in [5.74, 6) is 0. The molecule has 2 aromatic carbocycles. The minimum absolute atomic E-state index is 0.0392. The van der Waals surface area contributed by atoms with E-state index in [9.17, 15) is 5.11 Å². The van der Waals surface area contributed by atoms with Gasteiger partial charge in [0.15, 0.2) is 6.29 Å². The smallest absolute Gasteiger partial charge is 0.185 e. The van der Waals surface area contributed by atoms with Crippen molar-refractivity contribution in [3.05, 3.63) is 65.2 Å². The Morgan fingerprint density at radius 2 is 1.75 bits per heavy atom. The maximum atomic E-state index is 9.31. The van der Waals surface area contributed by atoms with Crippen LogP contribution in [-0.4, -0.2) is 35.7 Å². The highest BCUT2D eigenvalue weighted by molar-refractivity contribution is 5.41. The number of hydrogen-bond acceptors (Lipinski definition) is 5. The zero-order chi connectivity index (χ0) is 19.3. The molecule has 0 spiro atoms. The van der Waals surface area contributed by atoms with Crippen LogP contribution in [0, 0.1) is 0 Å². The Balaban J connectivity index is 1.54. The van der Waals surface area contributed by atoms with E-state index in [0.717, 1.165) is 42.7 Å². The van der Waals surface area contributed by atoms with Crippen LogP contribution in [0.15, 0.2) is 48.5 Å². The molecule has 2 saturated heterocycles. The molecule has 0 unspecified atom stereocenters. The number of anilines is 1. The summed E-state index contributed by atoms with van der Waals surface area (Å²) in [6.07, 6.45) is 4.35. The molecule has 4 rings (SSSR count). The van der Waals surface area contributed by atoms with Crippen LogP contribution in [0.4, 0.5) is 5.69 Å². The van der Waals surface area contributed by atoms with Crippen LogP contribution in [-0.2, 0) is 16.1 Å². The van der Waals surface area contributed by atoms with E-state index in [2.05, 4.69) is 17.0 Å². The van der Waals surface area contributed by atoms with Crippen molar-refractivity contribution >= 4 is 5.69 Å². The Morgan fingerprint density at radius 3 is 2.46 bits per heavy atom. The van der Waals surface area contributed by atoms with Crippen LogP contribution in [0.1, 0.15) is 54.8 Å². The van der Waals surface area contributed by atoms with E-state index < -0.39 is 6.29 Å². The van der Waals surface area contributed by atoms with Crippen molar-refractivity contribution < 1.29 is 14.6 Å². The monoisotopic (exact) mass is 382 g/mol. The molecule has 0 aliphatic carbocycles. The lowest BCUT2D eigenvalue weighted by Crippen LogP contribution is -2.41. The third-order valence-electron chi connectivity index (χ3n) is 5.71. The summed E-state index contributed by atoms with van der Waals surface area (Å²) in [5.41, 5.74) is 9.69. The molecule has 3 N–H and O–H groups in total. The standard InChI is InChI=1S/C23H30N2O3/c24-20-6-4-5-19(13-20)23-27-21(15-25-11-2-1-3-12-25)14-22(28-23)18-9-7-17(16-26)8-10-18/h4-10,13,21-23,26H,1-3,11-12,14-16,24H2/t21-,22+,23+/m0/s1. The van der Waals surface area contributed by atoms with Crippen molar-refractivity contribution in [2.45, 2.75) is 50.8 Å². The molecule has 3 atom stereocenters. The Morgan fingerprint density at radius 1 is 0.964 bits per heavy atom. The van der Waals surface area contributed by atoms with Gasteiger partial charge in [-0.3, -0.25) is 0 Å². The van der Waals surface area contributed by atoms with Crippen LogP contribution in [0.2, 0.25) is 0 Å². The van der Waals surface area contributed by atoms with E-state index in [1.807, 2.05) is 36.4 Å². The molecule has 5 nitrogen and oxygen atoms in total. The van der Waals surface area contributed by atoms with Crippen molar-refractivity contribution in [1.29, 1.82) is 0 Å². The first kappa shape index (κ1) is 19.4. The van der Waals surface area contributed by atoms with E-state index >= 15 is 0 Å². The normalized spacial score (nSPS) is 26.2. The van der Waals surface area contributed by atoms with Gasteiger partial charge in [0.1, 0.15) is 0 Å². The second-order valence-corrected chi connectivity index (χ2v) is 7.88. The second kappa shape index (κ2) is 9.05. The second-order valence-electron chi connectivity index (χ2n) is 7.88. The fourth-order valence-electron chi connectivity index (χ4n) is 4.17. The van der Waals surface area contributed by atoms with Gasteiger partial charge in [0, 0.05) is 24.2 Å². The fraction of sp³-hybridized carbons (Fsp3) is 0.478. The number of likely N-dealkylation sites (tertiary alicyclic amines) is 1. The SMILES string of the molecule is Nc1cccc([C@@H]2O[C@H](CN3CCCCC3)C[C@H](c3ccc(CO)cc3)O2)c1. The van der Waals surface area contributed by atoms with Gasteiger partial charge in [-0.15, -0.1) is 0 Å². The van der Waals surface area contributed by atoms with E-state index in [4.69, 9.17) is 15.2 Å². The Kier molecular flexibility index (Phi) is 6.27. The molecular formula is C23H30N2O3. The topological polar surface area (TPSA) is 68.0 Å². The van der Waals surface area contributed by atoms with Gasteiger partial charge in [0.25, 0.3) is 0 Å². The van der Waals surface area contributed by atoms with Gasteiger partial charge in [-0.1, -0.05) is 42.8 Å². The number of aliphatic hydroxyl groups excluding tert-OH is 1. The first-order valence-electron chi connectivity index (χ1n) is 10.3. The Bertz CT molecular complexity index is 759. The van der Waals surface area contributed by atoms with Crippen LogP contribution in [0.25, 0.3) is 0 Å². The lowest BCUT2D eigenvalue weighted by molar-refractivity contribution is -0.253. The maximum absolute atomic E-state index is 9.31. The average Bonchev–Trinajstić information content (AvgIpc) is 2.74. The first-order valence-corrected chi connectivity index (χ1v) is 10.3. The minimum Gasteiger partial charge on any atom is -0.399 e. The highest BCUT2D eigenvalue weighted by Crippen LogP contribution is 2.38. The van der Waals surface area contributed by atoms with Crippen LogP contribution < -0.4 is 5.73 Å². The summed E-state index contributed by atoms with van der Waals surface area (Å²) in [4.78, 5) is 2.52. The number of nitrogen functional groups attached to an aromatic ring is 1. The third kappa shape index (κ3) is 4.73. The number of benzene rings is 2. The van der Waals surface area contributed by atoms with Gasteiger partial charge in [-0.25, -0.2) is 0 Å². The van der Waals surface area contributed by atoms with Crippen LogP contribution in [0.5, 0.6) is 0 Å². The largest absolute Gasteiger partial charge is 0.399 e. The average molecular weight is 383 g/mol. The van der Waals surface area contributed by atoms with Crippen molar-refractivity contribution in [3.63, 3.8) is 0 Å². The zero-order valence-corrected chi connectivity index (χ0v) is 16.3. The Labute approximate surface area is 167 Å². The maximum Gasteiger partial charge on any atom is 0.185 e. The summed E-state index contributed by atoms with van der Waals surface area (Å²) < 4.78 is 12.7. The van der Waals surface area contributed by atoms with Gasteiger partial charge in [-0.05, 0) is 49.2 Å². The molecule has 2 aromatic rings. The highest BCUT2D eigenvalue weighted by Gasteiger charge is 2.33. The summed E-state index contributed by atoms with van der Waals surface area (Å²) in [6, 6.07) is 15.8. The summed E-state index contributed by atoms with van der Waals surface area (Å²) in [5, 5.41) is 9.31. The van der Waals surface area contributed by atoms with E-state index in [1.165, 1.54) is 19.3 Å². The van der Waals surface area contributed by atoms with E-state index in [0.29, 0.717) is 5.69 Å². The Hall–Kier alpha value is -1.92. The molecular weight excluding hydrogens is 352 g/mol. The summed E-state index contributed by atoms with van der Waals surface area (Å²) in [7, 11) is 0. The number of ether oxygens (including phenoxy) is 2. The number of aliphatic hydroxyl groups is 1. The molecule has 2 heterocycles. The molecule has 2 aliphatic heterocycles. The third-order valence-corrected chi connectivity index (χ3v) is 5.71. The molecule has 5 heteroatoms. The van der Waals surface area contributed by atoms with Crippen LogP contribution >= 0.6 is 0 Å². The fourth-order valence-corrected chi connectivity index (χ4v) is 4.17. The van der Waals surface area contributed by atoms with Gasteiger partial charge >= 0.3 is 0 Å². The lowest BCUT2D eigenvalue weighted by atomic mass is 9.99. The number of piperidine rings is 1. The van der Waals surface area contributed by atoms with Crippen molar-refractivity contribution in [2.24, 2.45) is 0 Å². The quantitative estimate of drug-likeness (QED) is 0.770. The summed E-state index contributed by atoms with van der Waals surface area (Å²) >= 11 is 0. The predicted octanol–water partition coefficient (Wildman–Crippen LogP) is 3.79. The molecule has 0 aromatic heterocycles. The molecule has 28 heavy (non-hydrogen) atoms. The predicted molar refractivity (Wildman–Crippen MR) is 110 cm³/mol. The van der Waals surface area contributed by atoms with Crippen molar-refractivity contribution in [3.8, 4) is 0 Å². The zero-order valence-electron chi connectivity index (χ0n) is 16.3. The molecule has 2 fully saturated rings. The highest BCUT2D eigenvalue weighted by atomic mass is 16.7. The van der Waals surface area contributed by atoms with Gasteiger partial charge in [0.05, 0.1) is 18.8 Å². The van der Waals surface area contributed by atoms with Gasteiger partial charge < -0.3 is 25.2 Å². The van der Waals surface area contributed by atoms with E-state index in [1.54, 1.807) is 0 Å². The minimum atomic E-state index is -0.422.